The second-order valence-electron chi connectivity index (χ2n) is 7.55. The Kier molecular flexibility index (Phi) is 8.20. The Morgan fingerprint density at radius 2 is 1.74 bits per heavy atom. The van der Waals surface area contributed by atoms with E-state index in [1.807, 2.05) is 6.07 Å². The van der Waals surface area contributed by atoms with E-state index in [0.29, 0.717) is 12.3 Å². The summed E-state index contributed by atoms with van der Waals surface area (Å²) in [7, 11) is 1.67. The SMILES string of the molecule is COc1cc(CN2CCCCCC2)ccc1OCC(O)CN1CCOCC1. The molecule has 3 rings (SSSR count). The molecule has 1 atom stereocenters. The van der Waals surface area contributed by atoms with Crippen molar-refractivity contribution in [3.8, 4) is 11.5 Å². The molecule has 0 spiro atoms. The molecule has 0 aliphatic carbocycles. The van der Waals surface area contributed by atoms with Crippen molar-refractivity contribution in [2.75, 3.05) is 59.7 Å². The predicted octanol–water partition coefficient (Wildman–Crippen LogP) is 2.14. The van der Waals surface area contributed by atoms with Gasteiger partial charge in [-0.25, -0.2) is 0 Å². The number of benzene rings is 1. The first-order valence-electron chi connectivity index (χ1n) is 10.2. The maximum absolute atomic E-state index is 10.3. The molecular formula is C21H34N2O4. The van der Waals surface area contributed by atoms with Gasteiger partial charge in [0.1, 0.15) is 12.7 Å². The van der Waals surface area contributed by atoms with Crippen molar-refractivity contribution < 1.29 is 19.3 Å². The van der Waals surface area contributed by atoms with Crippen LogP contribution < -0.4 is 9.47 Å². The normalized spacial score (nSPS) is 20.8. The van der Waals surface area contributed by atoms with Crippen molar-refractivity contribution in [3.63, 3.8) is 0 Å². The number of likely N-dealkylation sites (tertiary alicyclic amines) is 1. The van der Waals surface area contributed by atoms with Crippen molar-refractivity contribution in [1.82, 2.24) is 9.80 Å². The summed E-state index contributed by atoms with van der Waals surface area (Å²) in [4.78, 5) is 4.73. The van der Waals surface area contributed by atoms with Crippen LogP contribution in [0.5, 0.6) is 11.5 Å². The van der Waals surface area contributed by atoms with Gasteiger partial charge in [-0.1, -0.05) is 18.9 Å². The van der Waals surface area contributed by atoms with Crippen LogP contribution in [0.15, 0.2) is 18.2 Å². The fourth-order valence-electron chi connectivity index (χ4n) is 3.80. The Morgan fingerprint density at radius 1 is 1.00 bits per heavy atom. The van der Waals surface area contributed by atoms with E-state index in [1.165, 1.54) is 44.3 Å². The number of hydrogen-bond acceptors (Lipinski definition) is 6. The average Bonchev–Trinajstić information content (AvgIpc) is 2.96. The van der Waals surface area contributed by atoms with Crippen molar-refractivity contribution in [2.24, 2.45) is 0 Å². The molecule has 1 aromatic carbocycles. The van der Waals surface area contributed by atoms with Crippen LogP contribution in [-0.4, -0.2) is 80.7 Å². The molecule has 1 aromatic rings. The highest BCUT2D eigenvalue weighted by molar-refractivity contribution is 5.43. The zero-order chi connectivity index (χ0) is 18.9. The van der Waals surface area contributed by atoms with Gasteiger partial charge in [-0.2, -0.15) is 0 Å². The van der Waals surface area contributed by atoms with Crippen molar-refractivity contribution in [2.45, 2.75) is 38.3 Å². The molecule has 27 heavy (non-hydrogen) atoms. The van der Waals surface area contributed by atoms with Crippen molar-refractivity contribution in [1.29, 1.82) is 0 Å². The first-order valence-corrected chi connectivity index (χ1v) is 10.2. The quantitative estimate of drug-likeness (QED) is 0.748. The summed E-state index contributed by atoms with van der Waals surface area (Å²) in [5.74, 6) is 1.43. The monoisotopic (exact) mass is 378 g/mol. The summed E-state index contributed by atoms with van der Waals surface area (Å²) >= 11 is 0. The molecule has 6 nitrogen and oxygen atoms in total. The summed E-state index contributed by atoms with van der Waals surface area (Å²) in [5, 5.41) is 10.3. The molecular weight excluding hydrogens is 344 g/mol. The van der Waals surface area contributed by atoms with Gasteiger partial charge in [-0.3, -0.25) is 9.80 Å². The molecule has 2 heterocycles. The van der Waals surface area contributed by atoms with Crippen LogP contribution in [0.3, 0.4) is 0 Å². The molecule has 1 unspecified atom stereocenters. The van der Waals surface area contributed by atoms with Gasteiger partial charge >= 0.3 is 0 Å². The highest BCUT2D eigenvalue weighted by atomic mass is 16.5. The van der Waals surface area contributed by atoms with Crippen LogP contribution in [0.25, 0.3) is 0 Å². The maximum atomic E-state index is 10.3. The lowest BCUT2D eigenvalue weighted by atomic mass is 10.2. The number of methoxy groups -OCH3 is 1. The largest absolute Gasteiger partial charge is 0.493 e. The van der Waals surface area contributed by atoms with Gasteiger partial charge in [-0.05, 0) is 43.6 Å². The summed E-state index contributed by atoms with van der Waals surface area (Å²) in [5.41, 5.74) is 1.25. The molecule has 0 amide bonds. The smallest absolute Gasteiger partial charge is 0.161 e. The van der Waals surface area contributed by atoms with Gasteiger partial charge in [-0.15, -0.1) is 0 Å². The Hall–Kier alpha value is -1.34. The minimum Gasteiger partial charge on any atom is -0.493 e. The molecule has 2 aliphatic heterocycles. The van der Waals surface area contributed by atoms with Crippen LogP contribution in [0.4, 0.5) is 0 Å². The van der Waals surface area contributed by atoms with E-state index < -0.39 is 6.10 Å². The first-order chi connectivity index (χ1) is 13.2. The second-order valence-corrected chi connectivity index (χ2v) is 7.55. The third kappa shape index (κ3) is 6.64. The van der Waals surface area contributed by atoms with Gasteiger partial charge in [0.05, 0.1) is 20.3 Å². The number of morpholine rings is 1. The van der Waals surface area contributed by atoms with E-state index in [9.17, 15) is 5.11 Å². The first kappa shape index (κ1) is 20.4. The topological polar surface area (TPSA) is 54.4 Å². The Balaban J connectivity index is 1.50. The maximum Gasteiger partial charge on any atom is 0.161 e. The molecule has 2 saturated heterocycles. The zero-order valence-electron chi connectivity index (χ0n) is 16.6. The third-order valence-electron chi connectivity index (χ3n) is 5.34. The van der Waals surface area contributed by atoms with Crippen LogP contribution in [0.2, 0.25) is 0 Å². The zero-order valence-corrected chi connectivity index (χ0v) is 16.6. The van der Waals surface area contributed by atoms with Gasteiger partial charge < -0.3 is 19.3 Å². The molecule has 0 radical (unpaired) electrons. The number of ether oxygens (including phenoxy) is 3. The van der Waals surface area contributed by atoms with Crippen LogP contribution in [0.1, 0.15) is 31.2 Å². The minimum atomic E-state index is -0.524. The fourth-order valence-corrected chi connectivity index (χ4v) is 3.80. The van der Waals surface area contributed by atoms with E-state index in [4.69, 9.17) is 14.2 Å². The molecule has 152 valence electrons. The van der Waals surface area contributed by atoms with E-state index in [1.54, 1.807) is 7.11 Å². The van der Waals surface area contributed by atoms with Crippen molar-refractivity contribution in [3.05, 3.63) is 23.8 Å². The van der Waals surface area contributed by atoms with E-state index >= 15 is 0 Å². The van der Waals surface area contributed by atoms with Crippen LogP contribution >= 0.6 is 0 Å². The van der Waals surface area contributed by atoms with E-state index in [0.717, 1.165) is 38.6 Å². The lowest BCUT2D eigenvalue weighted by Crippen LogP contribution is -2.42. The van der Waals surface area contributed by atoms with Gasteiger partial charge in [0.15, 0.2) is 11.5 Å². The summed E-state index contributed by atoms with van der Waals surface area (Å²) in [6.07, 6.45) is 4.75. The Morgan fingerprint density at radius 3 is 2.44 bits per heavy atom. The molecule has 6 heteroatoms. The summed E-state index contributed by atoms with van der Waals surface area (Å²) < 4.78 is 16.7. The fraction of sp³-hybridized carbons (Fsp3) is 0.714. The average molecular weight is 379 g/mol. The second kappa shape index (κ2) is 10.9. The van der Waals surface area contributed by atoms with Gasteiger partial charge in [0, 0.05) is 26.2 Å². The molecule has 1 N–H and O–H groups in total. The van der Waals surface area contributed by atoms with Crippen LogP contribution in [-0.2, 0) is 11.3 Å². The molecule has 2 fully saturated rings. The summed E-state index contributed by atoms with van der Waals surface area (Å²) in [6.45, 7) is 7.38. The Bertz CT molecular complexity index is 555. The molecule has 0 aromatic heterocycles. The number of β-amino-alcohol motifs (C(OH)–C–C–N with tert-alkyl or cyclic N) is 1. The standard InChI is InChI=1S/C21H34N2O4/c1-25-21-14-18(15-22-8-4-2-3-5-9-22)6-7-20(21)27-17-19(24)16-23-10-12-26-13-11-23/h6-7,14,19,24H,2-5,8-13,15-17H2,1H3. The predicted molar refractivity (Wildman–Crippen MR) is 105 cm³/mol. The molecule has 0 saturated carbocycles. The lowest BCUT2D eigenvalue weighted by Gasteiger charge is -2.28. The Labute approximate surface area is 163 Å². The number of aliphatic hydroxyl groups excluding tert-OH is 1. The highest BCUT2D eigenvalue weighted by Gasteiger charge is 2.17. The van der Waals surface area contributed by atoms with Crippen molar-refractivity contribution >= 4 is 0 Å². The molecule has 2 aliphatic rings. The van der Waals surface area contributed by atoms with Gasteiger partial charge in [0.25, 0.3) is 0 Å². The third-order valence-corrected chi connectivity index (χ3v) is 5.34. The van der Waals surface area contributed by atoms with E-state index in [2.05, 4.69) is 21.9 Å². The van der Waals surface area contributed by atoms with Crippen LogP contribution in [0, 0.1) is 0 Å². The number of nitrogens with zero attached hydrogens (tertiary/aromatic N) is 2. The number of aliphatic hydroxyl groups is 1. The lowest BCUT2D eigenvalue weighted by molar-refractivity contribution is 0.00445. The summed E-state index contributed by atoms with van der Waals surface area (Å²) in [6, 6.07) is 6.14. The number of rotatable bonds is 8. The minimum absolute atomic E-state index is 0.263. The van der Waals surface area contributed by atoms with E-state index in [-0.39, 0.29) is 6.61 Å². The highest BCUT2D eigenvalue weighted by Crippen LogP contribution is 2.29. The van der Waals surface area contributed by atoms with Gasteiger partial charge in [0.2, 0.25) is 0 Å². The number of hydrogen-bond donors (Lipinski definition) is 1. The molecule has 0 bridgehead atoms.